The van der Waals surface area contributed by atoms with Crippen LogP contribution in [0.3, 0.4) is 0 Å². The minimum atomic E-state index is -0.702. The highest BCUT2D eigenvalue weighted by atomic mass is 16.2. The van der Waals surface area contributed by atoms with E-state index in [1.807, 2.05) is 0 Å². The zero-order valence-corrected chi connectivity index (χ0v) is 10.3. The first kappa shape index (κ1) is 14.5. The van der Waals surface area contributed by atoms with Gasteiger partial charge in [-0.05, 0) is 17.7 Å². The number of primary amides is 2. The molecule has 3 amide bonds. The van der Waals surface area contributed by atoms with Crippen LogP contribution in [-0.2, 0) is 20.8 Å². The van der Waals surface area contributed by atoms with Gasteiger partial charge in [-0.25, -0.2) is 0 Å². The molecule has 0 heterocycles. The van der Waals surface area contributed by atoms with Crippen LogP contribution < -0.4 is 17.2 Å². The summed E-state index contributed by atoms with van der Waals surface area (Å²) in [5, 5.41) is 0. The molecule has 0 aliphatic heterocycles. The van der Waals surface area contributed by atoms with Crippen LogP contribution in [0.2, 0.25) is 0 Å². The molecule has 7 nitrogen and oxygen atoms in total. The minimum Gasteiger partial charge on any atom is -0.399 e. The first-order valence-electron chi connectivity index (χ1n) is 5.57. The Labute approximate surface area is 110 Å². The number of anilines is 1. The van der Waals surface area contributed by atoms with E-state index in [4.69, 9.17) is 17.2 Å². The summed E-state index contributed by atoms with van der Waals surface area (Å²) < 4.78 is 0. The third-order valence-corrected chi connectivity index (χ3v) is 2.38. The molecular weight excluding hydrogens is 248 g/mol. The van der Waals surface area contributed by atoms with Crippen molar-refractivity contribution < 1.29 is 14.4 Å². The van der Waals surface area contributed by atoms with Gasteiger partial charge >= 0.3 is 0 Å². The molecule has 0 unspecified atom stereocenters. The summed E-state index contributed by atoms with van der Waals surface area (Å²) in [6.45, 7) is -0.673. The molecule has 7 heteroatoms. The summed E-state index contributed by atoms with van der Waals surface area (Å²) in [6, 6.07) is 6.71. The van der Waals surface area contributed by atoms with Crippen LogP contribution in [-0.4, -0.2) is 35.7 Å². The van der Waals surface area contributed by atoms with Gasteiger partial charge in [0, 0.05) is 5.69 Å². The van der Waals surface area contributed by atoms with Crippen molar-refractivity contribution in [2.45, 2.75) is 6.42 Å². The molecule has 0 aliphatic carbocycles. The maximum Gasteiger partial charge on any atom is 0.237 e. The van der Waals surface area contributed by atoms with Crippen molar-refractivity contribution in [3.63, 3.8) is 0 Å². The van der Waals surface area contributed by atoms with Crippen molar-refractivity contribution in [2.24, 2.45) is 11.5 Å². The fourth-order valence-corrected chi connectivity index (χ4v) is 1.53. The molecule has 0 bridgehead atoms. The van der Waals surface area contributed by atoms with Gasteiger partial charge in [0.1, 0.15) is 0 Å². The van der Waals surface area contributed by atoms with Crippen molar-refractivity contribution in [1.82, 2.24) is 4.90 Å². The number of benzene rings is 1. The topological polar surface area (TPSA) is 133 Å². The number of nitrogens with two attached hydrogens (primary N) is 3. The second-order valence-electron chi connectivity index (χ2n) is 4.10. The molecule has 19 heavy (non-hydrogen) atoms. The predicted octanol–water partition coefficient (Wildman–Crippen LogP) is -1.39. The zero-order valence-electron chi connectivity index (χ0n) is 10.3. The number of amides is 3. The monoisotopic (exact) mass is 264 g/mol. The van der Waals surface area contributed by atoms with Crippen LogP contribution in [0.1, 0.15) is 5.56 Å². The largest absolute Gasteiger partial charge is 0.399 e. The molecule has 0 saturated heterocycles. The first-order valence-corrected chi connectivity index (χ1v) is 5.57. The van der Waals surface area contributed by atoms with Crippen LogP contribution in [0, 0.1) is 0 Å². The van der Waals surface area contributed by atoms with Gasteiger partial charge in [-0.3, -0.25) is 14.4 Å². The molecular formula is C12H16N4O3. The second kappa shape index (κ2) is 6.39. The van der Waals surface area contributed by atoms with E-state index in [0.29, 0.717) is 5.69 Å². The van der Waals surface area contributed by atoms with Crippen molar-refractivity contribution >= 4 is 23.4 Å². The Morgan fingerprint density at radius 3 is 1.84 bits per heavy atom. The molecule has 0 spiro atoms. The standard InChI is InChI=1S/C12H16N4O3/c13-9-3-1-8(2-4-9)5-12(19)16(6-10(14)17)7-11(15)18/h1-4H,5-7,13H2,(H2,14,17)(H2,15,18). The summed E-state index contributed by atoms with van der Waals surface area (Å²) in [6.07, 6.45) is 0.0425. The van der Waals surface area contributed by atoms with Crippen molar-refractivity contribution in [3.05, 3.63) is 29.8 Å². The van der Waals surface area contributed by atoms with E-state index in [9.17, 15) is 14.4 Å². The van der Waals surface area contributed by atoms with E-state index < -0.39 is 17.7 Å². The highest BCUT2D eigenvalue weighted by molar-refractivity contribution is 5.89. The van der Waals surface area contributed by atoms with Gasteiger partial charge in [0.2, 0.25) is 17.7 Å². The highest BCUT2D eigenvalue weighted by Crippen LogP contribution is 2.07. The number of nitrogens with zero attached hydrogens (tertiary/aromatic N) is 1. The summed E-state index contributed by atoms with van der Waals surface area (Å²) in [5.74, 6) is -1.80. The second-order valence-corrected chi connectivity index (χ2v) is 4.10. The zero-order chi connectivity index (χ0) is 14.4. The molecule has 0 saturated carbocycles. The number of hydrogen-bond acceptors (Lipinski definition) is 4. The predicted molar refractivity (Wildman–Crippen MR) is 69.5 cm³/mol. The maximum atomic E-state index is 11.9. The first-order chi connectivity index (χ1) is 8.88. The quantitative estimate of drug-likeness (QED) is 0.545. The van der Waals surface area contributed by atoms with Gasteiger partial charge in [0.25, 0.3) is 0 Å². The smallest absolute Gasteiger partial charge is 0.237 e. The number of carbonyl (C=O) groups excluding carboxylic acids is 3. The average Bonchev–Trinajstić information content (AvgIpc) is 2.30. The highest BCUT2D eigenvalue weighted by Gasteiger charge is 2.18. The SMILES string of the molecule is NC(=O)CN(CC(N)=O)C(=O)Cc1ccc(N)cc1. The Morgan fingerprint density at radius 2 is 1.42 bits per heavy atom. The summed E-state index contributed by atoms with van der Waals surface area (Å²) in [4.78, 5) is 34.7. The lowest BCUT2D eigenvalue weighted by Gasteiger charge is -2.19. The van der Waals surface area contributed by atoms with Crippen molar-refractivity contribution in [1.29, 1.82) is 0 Å². The lowest BCUT2D eigenvalue weighted by atomic mass is 10.1. The Hall–Kier alpha value is -2.57. The molecule has 6 N–H and O–H groups in total. The molecule has 0 aliphatic rings. The van der Waals surface area contributed by atoms with Gasteiger partial charge in [-0.15, -0.1) is 0 Å². The van der Waals surface area contributed by atoms with Crippen LogP contribution >= 0.6 is 0 Å². The van der Waals surface area contributed by atoms with Crippen molar-refractivity contribution in [3.8, 4) is 0 Å². The molecule has 1 rings (SSSR count). The van der Waals surface area contributed by atoms with Gasteiger partial charge in [-0.2, -0.15) is 0 Å². The normalized spacial score (nSPS) is 9.89. The van der Waals surface area contributed by atoms with E-state index in [-0.39, 0.29) is 19.5 Å². The lowest BCUT2D eigenvalue weighted by molar-refractivity contribution is -0.137. The van der Waals surface area contributed by atoms with Gasteiger partial charge in [0.15, 0.2) is 0 Å². The van der Waals surface area contributed by atoms with Crippen LogP contribution in [0.25, 0.3) is 0 Å². The van der Waals surface area contributed by atoms with E-state index in [1.165, 1.54) is 0 Å². The Balaban J connectivity index is 2.73. The van der Waals surface area contributed by atoms with E-state index in [1.54, 1.807) is 24.3 Å². The van der Waals surface area contributed by atoms with Gasteiger partial charge in [0.05, 0.1) is 19.5 Å². The Morgan fingerprint density at radius 1 is 0.947 bits per heavy atom. The fraction of sp³-hybridized carbons (Fsp3) is 0.250. The fourth-order valence-electron chi connectivity index (χ4n) is 1.53. The van der Waals surface area contributed by atoms with E-state index >= 15 is 0 Å². The number of rotatable bonds is 6. The molecule has 0 radical (unpaired) electrons. The molecule has 1 aromatic rings. The summed E-state index contributed by atoms with van der Waals surface area (Å²) in [7, 11) is 0. The third kappa shape index (κ3) is 5.07. The summed E-state index contributed by atoms with van der Waals surface area (Å²) >= 11 is 0. The molecule has 1 aromatic carbocycles. The molecule has 0 fully saturated rings. The maximum absolute atomic E-state index is 11.9. The number of carbonyl (C=O) groups is 3. The molecule has 0 aromatic heterocycles. The van der Waals surface area contributed by atoms with E-state index in [2.05, 4.69) is 0 Å². The van der Waals surface area contributed by atoms with Gasteiger partial charge < -0.3 is 22.1 Å². The Bertz CT molecular complexity index is 468. The van der Waals surface area contributed by atoms with Crippen molar-refractivity contribution in [2.75, 3.05) is 18.8 Å². The van der Waals surface area contributed by atoms with Crippen LogP contribution in [0.5, 0.6) is 0 Å². The number of hydrogen-bond donors (Lipinski definition) is 3. The third-order valence-electron chi connectivity index (χ3n) is 2.38. The van der Waals surface area contributed by atoms with Gasteiger partial charge in [-0.1, -0.05) is 12.1 Å². The summed E-state index contributed by atoms with van der Waals surface area (Å²) in [5.41, 5.74) is 16.9. The Kier molecular flexibility index (Phi) is 4.87. The van der Waals surface area contributed by atoms with Crippen LogP contribution in [0.4, 0.5) is 5.69 Å². The minimum absolute atomic E-state index is 0.0425. The van der Waals surface area contributed by atoms with Crippen LogP contribution in [0.15, 0.2) is 24.3 Å². The lowest BCUT2D eigenvalue weighted by Crippen LogP contribution is -2.43. The average molecular weight is 264 g/mol. The van der Waals surface area contributed by atoms with E-state index in [0.717, 1.165) is 10.5 Å². The molecule has 102 valence electrons. The molecule has 0 atom stereocenters. The number of nitrogen functional groups attached to an aromatic ring is 1.